The molecule has 1 aliphatic rings. The molecule has 0 aliphatic carbocycles. The zero-order chi connectivity index (χ0) is 18.8. The highest BCUT2D eigenvalue weighted by molar-refractivity contribution is 6.74. The van der Waals surface area contributed by atoms with Gasteiger partial charge in [-0.3, -0.25) is 4.79 Å². The molecule has 1 aromatic carbocycles. The van der Waals surface area contributed by atoms with Crippen molar-refractivity contribution in [3.63, 3.8) is 0 Å². The molecule has 0 N–H and O–H groups in total. The quantitative estimate of drug-likeness (QED) is 0.756. The summed E-state index contributed by atoms with van der Waals surface area (Å²) in [6, 6.07) is 11.3. The minimum absolute atomic E-state index is 0.0127. The van der Waals surface area contributed by atoms with Gasteiger partial charge in [-0.1, -0.05) is 51.1 Å². The first-order valence-corrected chi connectivity index (χ1v) is 11.5. The number of benzene rings is 1. The van der Waals surface area contributed by atoms with Gasteiger partial charge < -0.3 is 14.1 Å². The van der Waals surface area contributed by atoms with Gasteiger partial charge in [0.15, 0.2) is 14.4 Å². The molecule has 3 atom stereocenters. The number of rotatable bonds is 5. The first-order chi connectivity index (χ1) is 11.6. The summed E-state index contributed by atoms with van der Waals surface area (Å²) in [6.45, 7) is 11.1. The number of hydrogen-bond donors (Lipinski definition) is 0. The molecule has 1 aromatic rings. The normalized spacial score (nSPS) is 24.4. The molecule has 0 unspecified atom stereocenters. The predicted octanol–water partition coefficient (Wildman–Crippen LogP) is 3.33. The van der Waals surface area contributed by atoms with Gasteiger partial charge in [0.2, 0.25) is 0 Å². The van der Waals surface area contributed by atoms with Gasteiger partial charge in [0, 0.05) is 13.7 Å². The highest BCUT2D eigenvalue weighted by atomic mass is 28.4. The molecule has 0 bridgehead atoms. The Kier molecular flexibility index (Phi) is 5.72. The summed E-state index contributed by atoms with van der Waals surface area (Å²) in [5.74, 6) is -0.179. The first kappa shape index (κ1) is 19.6. The van der Waals surface area contributed by atoms with E-state index < -0.39 is 26.6 Å². The van der Waals surface area contributed by atoms with Gasteiger partial charge in [0.1, 0.15) is 12.1 Å². The summed E-state index contributed by atoms with van der Waals surface area (Å²) >= 11 is 0. The Labute approximate surface area is 151 Å². The lowest BCUT2D eigenvalue weighted by Gasteiger charge is -2.39. The smallest absolute Gasteiger partial charge is 0.255 e. The van der Waals surface area contributed by atoms with Crippen LogP contribution in [-0.2, 0) is 20.5 Å². The third kappa shape index (κ3) is 3.95. The standard InChI is InChI=1S/C19H28N2O3Si/c1-19(2,3)25(5,6)24-16-15(12-20)21(18(22)17(16)23-4)13-14-10-8-7-9-11-14/h7-11,15-17H,13H2,1-6H3/t15-,16+,17-/m1/s1. The average Bonchev–Trinajstić information content (AvgIpc) is 2.77. The molecule has 25 heavy (non-hydrogen) atoms. The zero-order valence-corrected chi connectivity index (χ0v) is 16.9. The van der Waals surface area contributed by atoms with Crippen molar-refractivity contribution in [3.8, 4) is 6.07 Å². The summed E-state index contributed by atoms with van der Waals surface area (Å²) in [4.78, 5) is 14.4. The molecule has 1 heterocycles. The molecule has 0 aromatic heterocycles. The van der Waals surface area contributed by atoms with E-state index in [-0.39, 0.29) is 10.9 Å². The Morgan fingerprint density at radius 1 is 1.24 bits per heavy atom. The lowest BCUT2D eigenvalue weighted by molar-refractivity contribution is -0.138. The van der Waals surface area contributed by atoms with Crippen LogP contribution >= 0.6 is 0 Å². The monoisotopic (exact) mass is 360 g/mol. The molecule has 2 rings (SSSR count). The Hall–Kier alpha value is -1.68. The van der Waals surface area contributed by atoms with E-state index in [1.807, 2.05) is 30.3 Å². The van der Waals surface area contributed by atoms with E-state index in [0.717, 1.165) is 5.56 Å². The number of ether oxygens (including phenoxy) is 1. The van der Waals surface area contributed by atoms with Crippen molar-refractivity contribution < 1.29 is 14.0 Å². The summed E-state index contributed by atoms with van der Waals surface area (Å²) in [5.41, 5.74) is 0.985. The summed E-state index contributed by atoms with van der Waals surface area (Å²) in [7, 11) is -0.642. The molecule has 0 radical (unpaired) electrons. The Bertz CT molecular complexity index is 649. The molecule has 1 fully saturated rings. The molecule has 0 saturated carbocycles. The average molecular weight is 361 g/mol. The number of carbonyl (C=O) groups excluding carboxylic acids is 1. The van der Waals surface area contributed by atoms with Crippen molar-refractivity contribution in [2.45, 2.75) is 63.7 Å². The van der Waals surface area contributed by atoms with E-state index in [0.29, 0.717) is 6.54 Å². The van der Waals surface area contributed by atoms with E-state index in [1.165, 1.54) is 7.11 Å². The van der Waals surface area contributed by atoms with E-state index >= 15 is 0 Å². The van der Waals surface area contributed by atoms with Crippen molar-refractivity contribution in [1.29, 1.82) is 5.26 Å². The maximum atomic E-state index is 12.8. The number of nitriles is 1. The van der Waals surface area contributed by atoms with Crippen LogP contribution in [-0.4, -0.2) is 44.5 Å². The Balaban J connectivity index is 2.30. The summed E-state index contributed by atoms with van der Waals surface area (Å²) < 4.78 is 11.9. The summed E-state index contributed by atoms with van der Waals surface area (Å²) in [5, 5.41) is 9.74. The second kappa shape index (κ2) is 7.28. The number of methoxy groups -OCH3 is 1. The van der Waals surface area contributed by atoms with Gasteiger partial charge in [-0.25, -0.2) is 0 Å². The van der Waals surface area contributed by atoms with Crippen LogP contribution in [0.2, 0.25) is 18.1 Å². The van der Waals surface area contributed by atoms with E-state index in [9.17, 15) is 10.1 Å². The summed E-state index contributed by atoms with van der Waals surface area (Å²) in [6.07, 6.45) is -1.30. The van der Waals surface area contributed by atoms with Crippen LogP contribution in [0.5, 0.6) is 0 Å². The van der Waals surface area contributed by atoms with E-state index in [2.05, 4.69) is 39.9 Å². The van der Waals surface area contributed by atoms with Crippen LogP contribution in [0, 0.1) is 11.3 Å². The topological polar surface area (TPSA) is 62.6 Å². The maximum absolute atomic E-state index is 12.8. The highest BCUT2D eigenvalue weighted by Crippen LogP contribution is 2.40. The van der Waals surface area contributed by atoms with Crippen LogP contribution in [0.4, 0.5) is 0 Å². The fourth-order valence-corrected chi connectivity index (χ4v) is 4.05. The SMILES string of the molecule is CO[C@H]1C(=O)N(Cc2ccccc2)[C@H](C#N)[C@@H]1O[Si](C)(C)C(C)(C)C. The first-order valence-electron chi connectivity index (χ1n) is 8.57. The molecular weight excluding hydrogens is 332 g/mol. The van der Waals surface area contributed by atoms with Gasteiger partial charge >= 0.3 is 0 Å². The zero-order valence-electron chi connectivity index (χ0n) is 15.9. The minimum atomic E-state index is -2.15. The lowest BCUT2D eigenvalue weighted by atomic mass is 10.1. The van der Waals surface area contributed by atoms with Crippen LogP contribution in [0.3, 0.4) is 0 Å². The number of carbonyl (C=O) groups is 1. The second-order valence-electron chi connectivity index (χ2n) is 8.02. The number of amides is 1. The van der Waals surface area contributed by atoms with Gasteiger partial charge in [-0.2, -0.15) is 5.26 Å². The van der Waals surface area contributed by atoms with Gasteiger partial charge in [0.05, 0.1) is 6.07 Å². The van der Waals surface area contributed by atoms with Crippen molar-refractivity contribution in [2.75, 3.05) is 7.11 Å². The molecule has 0 spiro atoms. The van der Waals surface area contributed by atoms with Crippen LogP contribution in [0.1, 0.15) is 26.3 Å². The van der Waals surface area contributed by atoms with Crippen molar-refractivity contribution >= 4 is 14.2 Å². The number of nitrogens with zero attached hydrogens (tertiary/aromatic N) is 2. The van der Waals surface area contributed by atoms with Crippen LogP contribution < -0.4 is 0 Å². The Morgan fingerprint density at radius 3 is 2.32 bits per heavy atom. The number of likely N-dealkylation sites (tertiary alicyclic amines) is 1. The van der Waals surface area contributed by atoms with Gasteiger partial charge in [-0.05, 0) is 23.7 Å². The van der Waals surface area contributed by atoms with Gasteiger partial charge in [-0.15, -0.1) is 0 Å². The third-order valence-electron chi connectivity index (χ3n) is 5.29. The second-order valence-corrected chi connectivity index (χ2v) is 12.8. The molecule has 5 nitrogen and oxygen atoms in total. The third-order valence-corrected chi connectivity index (χ3v) is 9.76. The molecule has 136 valence electrons. The van der Waals surface area contributed by atoms with Gasteiger partial charge in [0.25, 0.3) is 5.91 Å². The van der Waals surface area contributed by atoms with Crippen molar-refractivity contribution in [3.05, 3.63) is 35.9 Å². The van der Waals surface area contributed by atoms with E-state index in [4.69, 9.17) is 9.16 Å². The fraction of sp³-hybridized carbons (Fsp3) is 0.579. The van der Waals surface area contributed by atoms with Crippen LogP contribution in [0.25, 0.3) is 0 Å². The molecule has 6 heteroatoms. The van der Waals surface area contributed by atoms with Crippen molar-refractivity contribution in [1.82, 2.24) is 4.90 Å². The molecule has 1 amide bonds. The fourth-order valence-electron chi connectivity index (χ4n) is 2.76. The minimum Gasteiger partial charge on any atom is -0.407 e. The highest BCUT2D eigenvalue weighted by Gasteiger charge is 2.53. The molecule has 1 aliphatic heterocycles. The lowest BCUT2D eigenvalue weighted by Crippen LogP contribution is -2.49. The van der Waals surface area contributed by atoms with Crippen LogP contribution in [0.15, 0.2) is 30.3 Å². The van der Waals surface area contributed by atoms with E-state index in [1.54, 1.807) is 4.90 Å². The molecular formula is C19H28N2O3Si. The predicted molar refractivity (Wildman–Crippen MR) is 99.3 cm³/mol. The maximum Gasteiger partial charge on any atom is 0.255 e. The number of hydrogen-bond acceptors (Lipinski definition) is 4. The largest absolute Gasteiger partial charge is 0.407 e. The Morgan fingerprint density at radius 2 is 1.84 bits per heavy atom. The van der Waals surface area contributed by atoms with Crippen molar-refractivity contribution in [2.24, 2.45) is 0 Å². The molecule has 1 saturated heterocycles.